The van der Waals surface area contributed by atoms with Gasteiger partial charge >= 0.3 is 0 Å². The summed E-state index contributed by atoms with van der Waals surface area (Å²) in [5, 5.41) is 0.408. The van der Waals surface area contributed by atoms with E-state index in [0.717, 1.165) is 6.42 Å². The van der Waals surface area contributed by atoms with Crippen LogP contribution in [0.1, 0.15) is 23.7 Å². The number of rotatable bonds is 5. The van der Waals surface area contributed by atoms with Crippen molar-refractivity contribution in [2.45, 2.75) is 13.3 Å². The van der Waals surface area contributed by atoms with E-state index in [2.05, 4.69) is 4.98 Å². The second-order valence-corrected chi connectivity index (χ2v) is 5.30. The van der Waals surface area contributed by atoms with Crippen LogP contribution in [-0.4, -0.2) is 53.8 Å². The lowest BCUT2D eigenvalue weighted by molar-refractivity contribution is -0.129. The molecule has 0 saturated heterocycles. The topological polar surface area (TPSA) is 53.5 Å². The van der Waals surface area contributed by atoms with Gasteiger partial charge in [0.2, 0.25) is 5.91 Å². The maximum absolute atomic E-state index is 12.5. The molecule has 0 N–H and O–H groups in total. The van der Waals surface area contributed by atoms with Crippen molar-refractivity contribution in [3.05, 3.63) is 28.0 Å². The molecule has 0 unspecified atom stereocenters. The Balaban J connectivity index is 2.99. The van der Waals surface area contributed by atoms with Crippen LogP contribution in [0.15, 0.2) is 12.3 Å². The molecule has 7 heteroatoms. The van der Waals surface area contributed by atoms with Crippen molar-refractivity contribution in [3.63, 3.8) is 0 Å². The number of likely N-dealkylation sites (N-methyl/N-ethyl adjacent to an activating group) is 1. The van der Waals surface area contributed by atoms with Crippen LogP contribution in [0, 0.1) is 0 Å². The van der Waals surface area contributed by atoms with E-state index >= 15 is 0 Å². The Kier molecular flexibility index (Phi) is 6.23. The fourth-order valence-electron chi connectivity index (χ4n) is 1.57. The highest BCUT2D eigenvalue weighted by molar-refractivity contribution is 6.35. The Bertz CT molecular complexity index is 506. The van der Waals surface area contributed by atoms with E-state index in [9.17, 15) is 9.59 Å². The van der Waals surface area contributed by atoms with E-state index in [1.54, 1.807) is 14.1 Å². The van der Waals surface area contributed by atoms with Crippen LogP contribution in [-0.2, 0) is 4.79 Å². The normalized spacial score (nSPS) is 10.2. The van der Waals surface area contributed by atoms with E-state index in [-0.39, 0.29) is 34.1 Å². The number of hydrogen-bond acceptors (Lipinski definition) is 3. The quantitative estimate of drug-likeness (QED) is 0.783. The van der Waals surface area contributed by atoms with Crippen LogP contribution >= 0.6 is 23.2 Å². The second-order valence-electron chi connectivity index (χ2n) is 4.50. The van der Waals surface area contributed by atoms with Gasteiger partial charge in [-0.3, -0.25) is 9.59 Å². The molecule has 1 aromatic heterocycles. The number of hydrogen-bond donors (Lipinski definition) is 0. The minimum absolute atomic E-state index is 0.00987. The molecule has 1 aromatic rings. The fourth-order valence-corrected chi connectivity index (χ4v) is 1.92. The van der Waals surface area contributed by atoms with Crippen LogP contribution < -0.4 is 0 Å². The van der Waals surface area contributed by atoms with Gasteiger partial charge in [0.15, 0.2) is 0 Å². The van der Waals surface area contributed by atoms with Gasteiger partial charge in [-0.15, -0.1) is 0 Å². The molecule has 0 aromatic carbocycles. The lowest BCUT2D eigenvalue weighted by Crippen LogP contribution is -2.40. The highest BCUT2D eigenvalue weighted by atomic mass is 35.5. The summed E-state index contributed by atoms with van der Waals surface area (Å²) in [6.07, 6.45) is 2.07. The second kappa shape index (κ2) is 7.45. The van der Waals surface area contributed by atoms with Gasteiger partial charge in [0.05, 0.1) is 10.6 Å². The van der Waals surface area contributed by atoms with Gasteiger partial charge in [0.25, 0.3) is 5.91 Å². The summed E-state index contributed by atoms with van der Waals surface area (Å²) in [4.78, 5) is 30.9. The van der Waals surface area contributed by atoms with Crippen molar-refractivity contribution in [2.24, 2.45) is 0 Å². The van der Waals surface area contributed by atoms with Gasteiger partial charge in [-0.05, 0) is 12.5 Å². The largest absolute Gasteiger partial charge is 0.347 e. The Hall–Kier alpha value is -1.33. The summed E-state index contributed by atoms with van der Waals surface area (Å²) in [6.45, 7) is 2.41. The van der Waals surface area contributed by atoms with Gasteiger partial charge in [-0.2, -0.15) is 0 Å². The maximum Gasteiger partial charge on any atom is 0.256 e. The molecule has 110 valence electrons. The molecule has 2 amide bonds. The summed E-state index contributed by atoms with van der Waals surface area (Å²) in [6, 6.07) is 1.41. The number of halogens is 2. The summed E-state index contributed by atoms with van der Waals surface area (Å²) in [5.74, 6) is -0.473. The number of carbonyl (C=O) groups is 2. The van der Waals surface area contributed by atoms with Gasteiger partial charge in [-0.25, -0.2) is 4.98 Å². The van der Waals surface area contributed by atoms with Crippen molar-refractivity contribution >= 4 is 35.0 Å². The first kappa shape index (κ1) is 16.7. The minimum atomic E-state index is -0.323. The molecular weight excluding hydrogens is 301 g/mol. The van der Waals surface area contributed by atoms with Crippen molar-refractivity contribution in [1.82, 2.24) is 14.8 Å². The molecule has 5 nitrogen and oxygen atoms in total. The smallest absolute Gasteiger partial charge is 0.256 e. The third-order valence-corrected chi connectivity index (χ3v) is 3.17. The van der Waals surface area contributed by atoms with Crippen molar-refractivity contribution in [1.29, 1.82) is 0 Å². The lowest BCUT2D eigenvalue weighted by Gasteiger charge is -2.23. The van der Waals surface area contributed by atoms with Crippen molar-refractivity contribution < 1.29 is 9.59 Å². The van der Waals surface area contributed by atoms with E-state index in [4.69, 9.17) is 23.2 Å². The summed E-state index contributed by atoms with van der Waals surface area (Å²) in [7, 11) is 3.29. The van der Waals surface area contributed by atoms with E-state index < -0.39 is 0 Å². The highest BCUT2D eigenvalue weighted by Gasteiger charge is 2.21. The molecule has 0 aliphatic heterocycles. The predicted octanol–water partition coefficient (Wildman–Crippen LogP) is 2.33. The standard InChI is InChI=1S/C13H17Cl2N3O2/c1-4-5-18(8-12(19)17(2)3)13(20)9-6-11(15)16-7-10(9)14/h6-7H,4-5,8H2,1-3H3. The van der Waals surface area contributed by atoms with Gasteiger partial charge in [0.1, 0.15) is 11.7 Å². The van der Waals surface area contributed by atoms with Crippen LogP contribution in [0.5, 0.6) is 0 Å². The van der Waals surface area contributed by atoms with Crippen molar-refractivity contribution in [3.8, 4) is 0 Å². The Morgan fingerprint density at radius 2 is 1.95 bits per heavy atom. The van der Waals surface area contributed by atoms with Crippen LogP contribution in [0.25, 0.3) is 0 Å². The number of aromatic nitrogens is 1. The minimum Gasteiger partial charge on any atom is -0.347 e. The predicted molar refractivity (Wildman–Crippen MR) is 79.1 cm³/mol. The lowest BCUT2D eigenvalue weighted by atomic mass is 10.2. The first-order chi connectivity index (χ1) is 9.36. The average molecular weight is 318 g/mol. The zero-order valence-electron chi connectivity index (χ0n) is 11.7. The molecule has 0 saturated carbocycles. The molecule has 1 rings (SSSR count). The molecule has 0 bridgehead atoms. The number of carbonyl (C=O) groups excluding carboxylic acids is 2. The Morgan fingerprint density at radius 1 is 1.30 bits per heavy atom. The average Bonchev–Trinajstić information content (AvgIpc) is 2.40. The van der Waals surface area contributed by atoms with Gasteiger partial charge in [0, 0.05) is 26.8 Å². The van der Waals surface area contributed by atoms with E-state index in [1.165, 1.54) is 22.1 Å². The summed E-state index contributed by atoms with van der Waals surface area (Å²) in [5.41, 5.74) is 0.256. The third kappa shape index (κ3) is 4.35. The first-order valence-electron chi connectivity index (χ1n) is 6.17. The molecule has 0 aliphatic rings. The zero-order valence-corrected chi connectivity index (χ0v) is 13.2. The molecule has 20 heavy (non-hydrogen) atoms. The number of amides is 2. The molecular formula is C13H17Cl2N3O2. The molecule has 0 spiro atoms. The fraction of sp³-hybridized carbons (Fsp3) is 0.462. The summed E-state index contributed by atoms with van der Waals surface area (Å²) >= 11 is 11.8. The van der Waals surface area contributed by atoms with Gasteiger partial charge in [-0.1, -0.05) is 30.1 Å². The molecule has 0 fully saturated rings. The van der Waals surface area contributed by atoms with Crippen molar-refractivity contribution in [2.75, 3.05) is 27.2 Å². The van der Waals surface area contributed by atoms with Crippen LogP contribution in [0.3, 0.4) is 0 Å². The first-order valence-corrected chi connectivity index (χ1v) is 6.92. The molecule has 0 atom stereocenters. The monoisotopic (exact) mass is 317 g/mol. The molecule has 1 heterocycles. The number of nitrogens with zero attached hydrogens (tertiary/aromatic N) is 3. The Morgan fingerprint density at radius 3 is 2.50 bits per heavy atom. The molecule has 0 aliphatic carbocycles. The van der Waals surface area contributed by atoms with E-state index in [1.807, 2.05) is 6.92 Å². The molecule has 0 radical (unpaired) electrons. The summed E-state index contributed by atoms with van der Waals surface area (Å²) < 4.78 is 0. The highest BCUT2D eigenvalue weighted by Crippen LogP contribution is 2.20. The SMILES string of the molecule is CCCN(CC(=O)N(C)C)C(=O)c1cc(Cl)ncc1Cl. The zero-order chi connectivity index (χ0) is 15.3. The van der Waals surface area contributed by atoms with E-state index in [0.29, 0.717) is 6.54 Å². The number of pyridine rings is 1. The maximum atomic E-state index is 12.5. The van der Waals surface area contributed by atoms with Crippen LogP contribution in [0.2, 0.25) is 10.2 Å². The van der Waals surface area contributed by atoms with Crippen LogP contribution in [0.4, 0.5) is 0 Å². The Labute approximate surface area is 128 Å². The van der Waals surface area contributed by atoms with Gasteiger partial charge < -0.3 is 9.80 Å². The third-order valence-electron chi connectivity index (χ3n) is 2.66.